The Kier molecular flexibility index (Phi) is 3.90. The van der Waals surface area contributed by atoms with Gasteiger partial charge in [0, 0.05) is 26.1 Å². The molecule has 2 aromatic heterocycles. The minimum atomic E-state index is -2.70. The highest BCUT2D eigenvalue weighted by atomic mass is 19.3. The zero-order chi connectivity index (χ0) is 17.6. The van der Waals surface area contributed by atoms with Crippen LogP contribution >= 0.6 is 0 Å². The van der Waals surface area contributed by atoms with Crippen LogP contribution in [0.4, 0.5) is 20.5 Å². The summed E-state index contributed by atoms with van der Waals surface area (Å²) in [4.78, 5) is 21.8. The van der Waals surface area contributed by atoms with Crippen LogP contribution in [-0.2, 0) is 4.74 Å². The Morgan fingerprint density at radius 3 is 2.32 bits per heavy atom. The molecule has 2 aliphatic heterocycles. The molecule has 0 aromatic carbocycles. The number of halogens is 2. The van der Waals surface area contributed by atoms with Gasteiger partial charge in [-0.05, 0) is 13.8 Å². The predicted molar refractivity (Wildman–Crippen MR) is 89.4 cm³/mol. The van der Waals surface area contributed by atoms with Gasteiger partial charge in [0.05, 0.1) is 31.1 Å². The number of hydrogen-bond acceptors (Lipinski definition) is 7. The Morgan fingerprint density at radius 2 is 1.64 bits per heavy atom. The minimum Gasteiger partial charge on any atom is -0.378 e. The van der Waals surface area contributed by atoms with Crippen LogP contribution < -0.4 is 9.80 Å². The van der Waals surface area contributed by atoms with Crippen molar-refractivity contribution in [3.63, 3.8) is 0 Å². The zero-order valence-corrected chi connectivity index (χ0v) is 14.3. The van der Waals surface area contributed by atoms with Gasteiger partial charge >= 0.3 is 0 Å². The first-order chi connectivity index (χ1) is 11.9. The molecule has 2 fully saturated rings. The van der Waals surface area contributed by atoms with Crippen molar-refractivity contribution in [1.82, 2.24) is 19.9 Å². The number of ether oxygens (including phenoxy) is 1. The van der Waals surface area contributed by atoms with Crippen molar-refractivity contribution in [3.05, 3.63) is 11.4 Å². The molecule has 2 aliphatic rings. The molecule has 0 aliphatic carbocycles. The molecule has 2 aromatic rings. The number of rotatable bonds is 2. The first-order valence-electron chi connectivity index (χ1n) is 8.41. The van der Waals surface area contributed by atoms with Crippen LogP contribution in [0.25, 0.3) is 11.2 Å². The summed E-state index contributed by atoms with van der Waals surface area (Å²) in [6, 6.07) is 0. The van der Waals surface area contributed by atoms with Crippen molar-refractivity contribution in [2.75, 3.05) is 49.2 Å². The quantitative estimate of drug-likeness (QED) is 0.817. The van der Waals surface area contributed by atoms with Gasteiger partial charge in [0.15, 0.2) is 17.0 Å². The molecule has 0 bridgehead atoms. The molecule has 9 heteroatoms. The van der Waals surface area contributed by atoms with Crippen LogP contribution in [0.1, 0.15) is 17.8 Å². The van der Waals surface area contributed by atoms with Gasteiger partial charge in [-0.15, -0.1) is 0 Å². The Bertz CT molecular complexity index is 809. The molecule has 0 radical (unpaired) electrons. The molecule has 2 saturated heterocycles. The second kappa shape index (κ2) is 5.98. The van der Waals surface area contributed by atoms with Crippen molar-refractivity contribution in [2.24, 2.45) is 0 Å². The van der Waals surface area contributed by atoms with E-state index in [1.165, 1.54) is 0 Å². The van der Waals surface area contributed by atoms with Gasteiger partial charge in [-0.3, -0.25) is 0 Å². The van der Waals surface area contributed by atoms with E-state index in [1.54, 1.807) is 4.90 Å². The number of anilines is 2. The van der Waals surface area contributed by atoms with Crippen LogP contribution in [0.5, 0.6) is 0 Å². The summed E-state index contributed by atoms with van der Waals surface area (Å²) in [5.74, 6) is -1.76. The van der Waals surface area contributed by atoms with E-state index in [0.717, 1.165) is 11.4 Å². The first-order valence-corrected chi connectivity index (χ1v) is 8.41. The van der Waals surface area contributed by atoms with E-state index < -0.39 is 5.92 Å². The van der Waals surface area contributed by atoms with Crippen molar-refractivity contribution in [3.8, 4) is 0 Å². The van der Waals surface area contributed by atoms with Crippen molar-refractivity contribution >= 4 is 22.9 Å². The van der Waals surface area contributed by atoms with Gasteiger partial charge < -0.3 is 14.5 Å². The van der Waals surface area contributed by atoms with E-state index >= 15 is 0 Å². The van der Waals surface area contributed by atoms with E-state index in [-0.39, 0.29) is 19.5 Å². The van der Waals surface area contributed by atoms with E-state index in [4.69, 9.17) is 4.74 Å². The molecule has 7 nitrogen and oxygen atoms in total. The lowest BCUT2D eigenvalue weighted by molar-refractivity contribution is 0.0257. The maximum Gasteiger partial charge on any atom is 0.266 e. The van der Waals surface area contributed by atoms with Gasteiger partial charge in [0.2, 0.25) is 5.95 Å². The smallest absolute Gasteiger partial charge is 0.266 e. The monoisotopic (exact) mass is 350 g/mol. The molecule has 25 heavy (non-hydrogen) atoms. The van der Waals surface area contributed by atoms with Crippen LogP contribution in [0, 0.1) is 13.8 Å². The van der Waals surface area contributed by atoms with E-state index in [2.05, 4.69) is 19.9 Å². The van der Waals surface area contributed by atoms with Crippen LogP contribution in [0.15, 0.2) is 0 Å². The summed E-state index contributed by atoms with van der Waals surface area (Å²) in [6.45, 7) is 6.13. The summed E-state index contributed by atoms with van der Waals surface area (Å²) >= 11 is 0. The predicted octanol–water partition coefficient (Wildman–Crippen LogP) is 1.72. The molecular weight excluding hydrogens is 330 g/mol. The highest BCUT2D eigenvalue weighted by Crippen LogP contribution is 2.33. The summed E-state index contributed by atoms with van der Waals surface area (Å²) in [5, 5.41) is 0. The summed E-state index contributed by atoms with van der Waals surface area (Å²) < 4.78 is 32.8. The van der Waals surface area contributed by atoms with Crippen molar-refractivity contribution in [1.29, 1.82) is 0 Å². The average Bonchev–Trinajstić information content (AvgIpc) is 2.96. The fourth-order valence-electron chi connectivity index (χ4n) is 3.13. The molecule has 4 rings (SSSR count). The van der Waals surface area contributed by atoms with Gasteiger partial charge in [-0.2, -0.15) is 9.97 Å². The minimum absolute atomic E-state index is 0.177. The van der Waals surface area contributed by atoms with Gasteiger partial charge in [-0.25, -0.2) is 18.7 Å². The fraction of sp³-hybridized carbons (Fsp3) is 0.625. The summed E-state index contributed by atoms with van der Waals surface area (Å²) in [5.41, 5.74) is 2.46. The van der Waals surface area contributed by atoms with Crippen LogP contribution in [0.2, 0.25) is 0 Å². The first kappa shape index (κ1) is 16.3. The van der Waals surface area contributed by atoms with Gasteiger partial charge in [-0.1, -0.05) is 0 Å². The number of nitrogens with zero attached hydrogens (tertiary/aromatic N) is 6. The number of aryl methyl sites for hydroxylation is 2. The number of hydrogen-bond donors (Lipinski definition) is 0. The molecule has 4 heterocycles. The number of morpholine rings is 1. The fourth-order valence-corrected chi connectivity index (χ4v) is 3.13. The second-order valence-electron chi connectivity index (χ2n) is 6.54. The lowest BCUT2D eigenvalue weighted by atomic mass is 10.3. The molecule has 0 atom stereocenters. The Morgan fingerprint density at radius 1 is 0.920 bits per heavy atom. The maximum absolute atomic E-state index is 13.7. The van der Waals surface area contributed by atoms with E-state index in [9.17, 15) is 8.78 Å². The summed E-state index contributed by atoms with van der Waals surface area (Å²) in [7, 11) is 0. The molecule has 0 amide bonds. The van der Waals surface area contributed by atoms with Gasteiger partial charge in [0.25, 0.3) is 5.92 Å². The molecule has 0 N–H and O–H groups in total. The lowest BCUT2D eigenvalue weighted by Gasteiger charge is -2.28. The molecular formula is C16H20F2N6O. The van der Waals surface area contributed by atoms with E-state index in [0.29, 0.717) is 49.2 Å². The third-order valence-electron chi connectivity index (χ3n) is 4.68. The molecule has 0 spiro atoms. The van der Waals surface area contributed by atoms with Crippen molar-refractivity contribution in [2.45, 2.75) is 26.2 Å². The number of alkyl halides is 2. The average molecular weight is 350 g/mol. The van der Waals surface area contributed by atoms with Crippen LogP contribution in [0.3, 0.4) is 0 Å². The third-order valence-corrected chi connectivity index (χ3v) is 4.68. The second-order valence-corrected chi connectivity index (χ2v) is 6.54. The Labute approximate surface area is 144 Å². The Hall–Kier alpha value is -2.16. The third kappa shape index (κ3) is 3.08. The van der Waals surface area contributed by atoms with Crippen LogP contribution in [-0.4, -0.2) is 65.3 Å². The molecule has 0 saturated carbocycles. The Balaban J connectivity index is 1.84. The van der Waals surface area contributed by atoms with Crippen molar-refractivity contribution < 1.29 is 13.5 Å². The largest absolute Gasteiger partial charge is 0.378 e. The normalized spacial score (nSPS) is 20.5. The summed E-state index contributed by atoms with van der Waals surface area (Å²) in [6.07, 6.45) is -0.177. The standard InChI is InChI=1S/C16H20F2N6O/c1-10-11(2)20-13-12(19-10)14(24-4-3-16(17,18)9-24)22-15(21-13)23-5-7-25-8-6-23/h3-9H2,1-2H3. The van der Waals surface area contributed by atoms with E-state index in [1.807, 2.05) is 18.7 Å². The number of fused-ring (bicyclic) bond motifs is 1. The molecule has 0 unspecified atom stereocenters. The zero-order valence-electron chi connectivity index (χ0n) is 14.3. The highest BCUT2D eigenvalue weighted by molar-refractivity contribution is 5.84. The SMILES string of the molecule is Cc1nc2nc(N3CCOCC3)nc(N3CCC(F)(F)C3)c2nc1C. The lowest BCUT2D eigenvalue weighted by Crippen LogP contribution is -2.38. The highest BCUT2D eigenvalue weighted by Gasteiger charge is 2.40. The molecule has 134 valence electrons. The van der Waals surface area contributed by atoms with Gasteiger partial charge in [0.1, 0.15) is 0 Å². The number of aromatic nitrogens is 4. The maximum atomic E-state index is 13.7. The topological polar surface area (TPSA) is 67.3 Å².